The van der Waals surface area contributed by atoms with Crippen molar-refractivity contribution in [3.63, 3.8) is 0 Å². The van der Waals surface area contributed by atoms with Crippen LogP contribution in [0.15, 0.2) is 12.1 Å². The average molecular weight is 276 g/mol. The Bertz CT molecular complexity index is 461. The number of nitrogens with zero attached hydrogens (tertiary/aromatic N) is 3. The minimum absolute atomic E-state index is 0.0611. The maximum atomic E-state index is 12.5. The second-order valence-electron chi connectivity index (χ2n) is 5.51. The summed E-state index contributed by atoms with van der Waals surface area (Å²) < 4.78 is 0. The van der Waals surface area contributed by atoms with Gasteiger partial charge in [0, 0.05) is 43.5 Å². The Kier molecular flexibility index (Phi) is 4.60. The molecule has 5 nitrogen and oxygen atoms in total. The number of aromatic nitrogens is 1. The van der Waals surface area contributed by atoms with E-state index in [4.69, 9.17) is 5.73 Å². The number of carbonyl (C=O) groups is 1. The molecule has 1 aliphatic heterocycles. The van der Waals surface area contributed by atoms with Gasteiger partial charge in [-0.3, -0.25) is 9.69 Å². The van der Waals surface area contributed by atoms with Crippen LogP contribution in [0.5, 0.6) is 0 Å². The number of amides is 1. The molecule has 20 heavy (non-hydrogen) atoms. The van der Waals surface area contributed by atoms with E-state index in [-0.39, 0.29) is 5.91 Å². The van der Waals surface area contributed by atoms with E-state index in [0.29, 0.717) is 17.4 Å². The number of carbonyl (C=O) groups excluding carboxylic acids is 1. The largest absolute Gasteiger partial charge is 0.384 e. The number of piperazine rings is 1. The van der Waals surface area contributed by atoms with Crippen LogP contribution in [0.3, 0.4) is 0 Å². The second kappa shape index (κ2) is 6.22. The van der Waals surface area contributed by atoms with E-state index in [9.17, 15) is 4.79 Å². The van der Waals surface area contributed by atoms with Crippen molar-refractivity contribution in [2.75, 3.05) is 31.9 Å². The molecule has 1 aliphatic rings. The Morgan fingerprint density at radius 3 is 2.55 bits per heavy atom. The van der Waals surface area contributed by atoms with Gasteiger partial charge >= 0.3 is 0 Å². The summed E-state index contributed by atoms with van der Waals surface area (Å²) in [5.74, 6) is 0.470. The molecule has 2 heterocycles. The molecular weight excluding hydrogens is 252 g/mol. The number of nitrogens with two attached hydrogens (primary N) is 1. The van der Waals surface area contributed by atoms with Gasteiger partial charge in [-0.2, -0.15) is 0 Å². The summed E-state index contributed by atoms with van der Waals surface area (Å²) in [6.45, 7) is 9.75. The Hall–Kier alpha value is -1.62. The number of hydrogen-bond donors (Lipinski definition) is 1. The van der Waals surface area contributed by atoms with Crippen LogP contribution in [0.25, 0.3) is 0 Å². The quantitative estimate of drug-likeness (QED) is 0.909. The van der Waals surface area contributed by atoms with Crippen molar-refractivity contribution in [3.8, 4) is 0 Å². The Balaban J connectivity index is 2.01. The molecule has 1 aromatic heterocycles. The van der Waals surface area contributed by atoms with E-state index in [2.05, 4.69) is 23.7 Å². The number of hydrogen-bond acceptors (Lipinski definition) is 4. The molecule has 0 radical (unpaired) electrons. The van der Waals surface area contributed by atoms with Gasteiger partial charge in [0.1, 0.15) is 5.82 Å². The first-order chi connectivity index (χ1) is 9.51. The molecule has 2 rings (SSSR count). The summed E-state index contributed by atoms with van der Waals surface area (Å²) in [5.41, 5.74) is 7.15. The van der Waals surface area contributed by atoms with Crippen molar-refractivity contribution in [3.05, 3.63) is 23.4 Å². The van der Waals surface area contributed by atoms with E-state index < -0.39 is 0 Å². The van der Waals surface area contributed by atoms with Gasteiger partial charge in [-0.05, 0) is 32.4 Å². The molecule has 0 bridgehead atoms. The minimum Gasteiger partial charge on any atom is -0.384 e. The molecule has 1 amide bonds. The molecule has 0 aliphatic carbocycles. The zero-order valence-corrected chi connectivity index (χ0v) is 12.6. The molecule has 2 N–H and O–H groups in total. The summed E-state index contributed by atoms with van der Waals surface area (Å²) in [7, 11) is 0. The SMILES string of the molecule is CCC(C)N1CCN(C(=O)c2cc(C)nc(N)c2)CC1. The highest BCUT2D eigenvalue weighted by Crippen LogP contribution is 2.14. The molecule has 1 atom stereocenters. The summed E-state index contributed by atoms with van der Waals surface area (Å²) in [6, 6.07) is 4.06. The fraction of sp³-hybridized carbons (Fsp3) is 0.600. The lowest BCUT2D eigenvalue weighted by molar-refractivity contribution is 0.0579. The topological polar surface area (TPSA) is 62.5 Å². The van der Waals surface area contributed by atoms with Gasteiger partial charge in [-0.1, -0.05) is 6.92 Å². The number of nitrogen functional groups attached to an aromatic ring is 1. The molecule has 0 spiro atoms. The lowest BCUT2D eigenvalue weighted by Gasteiger charge is -2.37. The highest BCUT2D eigenvalue weighted by atomic mass is 16.2. The lowest BCUT2D eigenvalue weighted by atomic mass is 10.1. The van der Waals surface area contributed by atoms with E-state index in [1.165, 1.54) is 0 Å². The van der Waals surface area contributed by atoms with Crippen LogP contribution >= 0.6 is 0 Å². The Labute approximate surface area is 120 Å². The van der Waals surface area contributed by atoms with Crippen LogP contribution in [0.1, 0.15) is 36.3 Å². The highest BCUT2D eigenvalue weighted by Gasteiger charge is 2.24. The summed E-state index contributed by atoms with van der Waals surface area (Å²) >= 11 is 0. The standard InChI is InChI=1S/C15H24N4O/c1-4-12(3)18-5-7-19(8-6-18)15(20)13-9-11(2)17-14(16)10-13/h9-10,12H,4-8H2,1-3H3,(H2,16,17). The molecule has 0 saturated carbocycles. The van der Waals surface area contributed by atoms with Crippen LogP contribution in [-0.2, 0) is 0 Å². The average Bonchev–Trinajstić information content (AvgIpc) is 2.45. The Morgan fingerprint density at radius 1 is 1.35 bits per heavy atom. The second-order valence-corrected chi connectivity index (χ2v) is 5.51. The maximum absolute atomic E-state index is 12.5. The van der Waals surface area contributed by atoms with E-state index in [1.54, 1.807) is 12.1 Å². The van der Waals surface area contributed by atoms with Crippen molar-refractivity contribution in [1.82, 2.24) is 14.8 Å². The third-order valence-corrected chi connectivity index (χ3v) is 4.04. The molecule has 1 fully saturated rings. The zero-order chi connectivity index (χ0) is 14.7. The summed E-state index contributed by atoms with van der Waals surface area (Å²) in [6.07, 6.45) is 1.15. The maximum Gasteiger partial charge on any atom is 0.254 e. The van der Waals surface area contributed by atoms with Crippen molar-refractivity contribution in [2.24, 2.45) is 0 Å². The summed E-state index contributed by atoms with van der Waals surface area (Å²) in [4.78, 5) is 20.9. The van der Waals surface area contributed by atoms with Crippen LogP contribution in [0, 0.1) is 6.92 Å². The van der Waals surface area contributed by atoms with Crippen LogP contribution in [-0.4, -0.2) is 52.9 Å². The van der Waals surface area contributed by atoms with Crippen molar-refractivity contribution in [1.29, 1.82) is 0 Å². The third-order valence-electron chi connectivity index (χ3n) is 4.04. The number of pyridine rings is 1. The summed E-state index contributed by atoms with van der Waals surface area (Å²) in [5, 5.41) is 0. The van der Waals surface area contributed by atoms with Gasteiger partial charge < -0.3 is 10.6 Å². The molecule has 0 aromatic carbocycles. The molecular formula is C15H24N4O. The first-order valence-electron chi connectivity index (χ1n) is 7.28. The van der Waals surface area contributed by atoms with Gasteiger partial charge in [0.25, 0.3) is 5.91 Å². The van der Waals surface area contributed by atoms with Gasteiger partial charge in [0.05, 0.1) is 0 Å². The van der Waals surface area contributed by atoms with Crippen LogP contribution < -0.4 is 5.73 Å². The van der Waals surface area contributed by atoms with E-state index >= 15 is 0 Å². The third kappa shape index (κ3) is 3.28. The van der Waals surface area contributed by atoms with Crippen LogP contribution in [0.4, 0.5) is 5.82 Å². The minimum atomic E-state index is 0.0611. The Morgan fingerprint density at radius 2 is 2.00 bits per heavy atom. The molecule has 5 heteroatoms. The van der Waals surface area contributed by atoms with E-state index in [1.807, 2.05) is 11.8 Å². The first-order valence-corrected chi connectivity index (χ1v) is 7.28. The molecule has 110 valence electrons. The molecule has 1 unspecified atom stereocenters. The normalized spacial score (nSPS) is 18.1. The fourth-order valence-electron chi connectivity index (χ4n) is 2.62. The number of rotatable bonds is 3. The first kappa shape index (κ1) is 14.8. The van der Waals surface area contributed by atoms with Crippen molar-refractivity contribution in [2.45, 2.75) is 33.2 Å². The van der Waals surface area contributed by atoms with Crippen molar-refractivity contribution < 1.29 is 4.79 Å². The van der Waals surface area contributed by atoms with Gasteiger partial charge in [0.2, 0.25) is 0 Å². The van der Waals surface area contributed by atoms with Gasteiger partial charge in [-0.15, -0.1) is 0 Å². The number of aryl methyl sites for hydroxylation is 1. The van der Waals surface area contributed by atoms with Crippen LogP contribution in [0.2, 0.25) is 0 Å². The smallest absolute Gasteiger partial charge is 0.254 e. The molecule has 1 saturated heterocycles. The zero-order valence-electron chi connectivity index (χ0n) is 12.6. The fourth-order valence-corrected chi connectivity index (χ4v) is 2.62. The monoisotopic (exact) mass is 276 g/mol. The van der Waals surface area contributed by atoms with Gasteiger partial charge in [0.15, 0.2) is 0 Å². The van der Waals surface area contributed by atoms with E-state index in [0.717, 1.165) is 38.3 Å². The predicted molar refractivity (Wildman–Crippen MR) is 80.6 cm³/mol. The predicted octanol–water partition coefficient (Wildman–Crippen LogP) is 1.53. The highest BCUT2D eigenvalue weighted by molar-refractivity contribution is 5.95. The lowest BCUT2D eigenvalue weighted by Crippen LogP contribution is -2.51. The number of anilines is 1. The van der Waals surface area contributed by atoms with Gasteiger partial charge in [-0.25, -0.2) is 4.98 Å². The molecule has 1 aromatic rings. The van der Waals surface area contributed by atoms with Crippen molar-refractivity contribution >= 4 is 11.7 Å².